The molecule has 1 fully saturated rings. The van der Waals surface area contributed by atoms with Gasteiger partial charge in [-0.3, -0.25) is 14.4 Å². The van der Waals surface area contributed by atoms with E-state index in [1.165, 1.54) is 16.9 Å². The van der Waals surface area contributed by atoms with Crippen LogP contribution in [-0.2, 0) is 19.1 Å². The summed E-state index contributed by atoms with van der Waals surface area (Å²) < 4.78 is 6.31. The summed E-state index contributed by atoms with van der Waals surface area (Å²) in [5.74, 6) is 0.0395. The molecule has 0 aliphatic carbocycles. The van der Waals surface area contributed by atoms with E-state index in [-0.39, 0.29) is 37.0 Å². The van der Waals surface area contributed by atoms with E-state index in [4.69, 9.17) is 9.84 Å². The van der Waals surface area contributed by atoms with Crippen molar-refractivity contribution in [1.82, 2.24) is 20.9 Å². The predicted molar refractivity (Wildman–Crippen MR) is 180 cm³/mol. The number of likely N-dealkylation sites (N-methyl/N-ethyl adjacent to an activating group) is 1. The number of carbonyl (C=O) groups is 3. The molecule has 0 radical (unpaired) electrons. The van der Waals surface area contributed by atoms with Crippen molar-refractivity contribution in [2.75, 3.05) is 33.3 Å². The first-order valence-corrected chi connectivity index (χ1v) is 15.9. The molecule has 2 heterocycles. The van der Waals surface area contributed by atoms with Gasteiger partial charge < -0.3 is 30.7 Å². The van der Waals surface area contributed by atoms with Gasteiger partial charge in [0.15, 0.2) is 0 Å². The Bertz CT molecular complexity index is 1050. The Balaban J connectivity index is 0.00000118. The molecule has 9 nitrogen and oxygen atoms in total. The maximum absolute atomic E-state index is 12.8. The van der Waals surface area contributed by atoms with Crippen molar-refractivity contribution < 1.29 is 24.2 Å². The molecule has 1 aromatic carbocycles. The number of nitrogens with zero attached hydrogens (tertiary/aromatic N) is 1. The highest BCUT2D eigenvalue weighted by atomic mass is 16.5. The van der Waals surface area contributed by atoms with E-state index in [2.05, 4.69) is 61.5 Å². The summed E-state index contributed by atoms with van der Waals surface area (Å²) in [4.78, 5) is 38.6. The largest absolute Gasteiger partial charge is 0.489 e. The van der Waals surface area contributed by atoms with E-state index in [1.54, 1.807) is 27.8 Å². The van der Waals surface area contributed by atoms with Crippen molar-refractivity contribution in [3.05, 3.63) is 71.5 Å². The average Bonchev–Trinajstić information content (AvgIpc) is 3.02. The van der Waals surface area contributed by atoms with E-state index in [0.29, 0.717) is 13.1 Å². The minimum absolute atomic E-state index is 0.0616. The van der Waals surface area contributed by atoms with Crippen molar-refractivity contribution in [2.24, 2.45) is 0 Å². The molecule has 3 amide bonds. The second-order valence-corrected chi connectivity index (χ2v) is 10.8. The van der Waals surface area contributed by atoms with Gasteiger partial charge in [-0.05, 0) is 71.4 Å². The van der Waals surface area contributed by atoms with Crippen LogP contribution < -0.4 is 16.0 Å². The number of nitrogens with one attached hydrogen (secondary N) is 3. The Kier molecular flexibility index (Phi) is 22.1. The van der Waals surface area contributed by atoms with Crippen molar-refractivity contribution in [2.45, 2.75) is 98.8 Å². The number of amides is 3. The fourth-order valence-electron chi connectivity index (χ4n) is 4.23. The molecule has 1 aromatic rings. The van der Waals surface area contributed by atoms with Gasteiger partial charge in [-0.15, -0.1) is 0 Å². The lowest BCUT2D eigenvalue weighted by Crippen LogP contribution is -2.53. The molecule has 2 aliphatic heterocycles. The first kappa shape index (κ1) is 40.6. The number of aliphatic hydroxyl groups is 1. The van der Waals surface area contributed by atoms with Gasteiger partial charge >= 0.3 is 0 Å². The number of aliphatic hydroxyl groups excluding tert-OH is 1. The van der Waals surface area contributed by atoms with Crippen LogP contribution in [0, 0.1) is 6.92 Å². The number of rotatable bonds is 1. The van der Waals surface area contributed by atoms with Crippen LogP contribution in [0.2, 0.25) is 0 Å². The third kappa shape index (κ3) is 15.9. The van der Waals surface area contributed by atoms with Gasteiger partial charge in [-0.25, -0.2) is 0 Å². The van der Waals surface area contributed by atoms with Crippen molar-refractivity contribution in [3.8, 4) is 0 Å². The van der Waals surface area contributed by atoms with Gasteiger partial charge in [0, 0.05) is 26.7 Å². The van der Waals surface area contributed by atoms with Crippen LogP contribution >= 0.6 is 0 Å². The molecule has 248 valence electrons. The maximum atomic E-state index is 12.8. The van der Waals surface area contributed by atoms with E-state index in [0.717, 1.165) is 42.6 Å². The lowest BCUT2D eigenvalue weighted by molar-refractivity contribution is -0.140. The molecule has 2 bridgehead atoms. The highest BCUT2D eigenvalue weighted by Gasteiger charge is 2.28. The first-order chi connectivity index (χ1) is 21.0. The van der Waals surface area contributed by atoms with Gasteiger partial charge in [-0.1, -0.05) is 74.9 Å². The van der Waals surface area contributed by atoms with E-state index >= 15 is 0 Å². The van der Waals surface area contributed by atoms with Gasteiger partial charge in [-0.2, -0.15) is 0 Å². The molecule has 3 atom stereocenters. The number of fused-ring (bicyclic) bond motifs is 2. The molecular formula is C35H58N4O5. The number of carbonyl (C=O) groups excluding carboxylic acids is 3. The van der Waals surface area contributed by atoms with Crippen LogP contribution in [0.15, 0.2) is 66.0 Å². The molecule has 2 aliphatic rings. The van der Waals surface area contributed by atoms with Crippen LogP contribution in [0.25, 0.3) is 0 Å². The van der Waals surface area contributed by atoms with Gasteiger partial charge in [0.2, 0.25) is 17.7 Å². The molecule has 3 unspecified atom stereocenters. The van der Waals surface area contributed by atoms with Gasteiger partial charge in [0.1, 0.15) is 17.9 Å². The minimum Gasteiger partial charge on any atom is -0.489 e. The number of benzene rings is 1. The van der Waals surface area contributed by atoms with Crippen LogP contribution in [0.3, 0.4) is 0 Å². The molecule has 4 N–H and O–H groups in total. The standard InChI is InChI=1S/C23H36N4O4.C7H8.C3H8.C2H6O/c1-6-17-9-8-12-24-20(28)14-26-22(29)16(4)27(5)23(30)15(3)25-13-19-11-10-18(7-2)21(17)31-19;1-7-5-3-2-4-6-7;1-3-2;1-2-3/h6-7,15-16,19,25H,1,8-14H2,2-5H3,(H,24,28)(H,26,29);2-6H,1H3;3H2,1-2H3;3H,2H2,1H3/b18-7-,21-17-;;;. The summed E-state index contributed by atoms with van der Waals surface area (Å²) in [6.45, 7) is 18.5. The number of hydrogen-bond donors (Lipinski definition) is 4. The van der Waals surface area contributed by atoms with Crippen LogP contribution in [-0.4, -0.2) is 79.2 Å². The molecule has 0 spiro atoms. The SMILES string of the molecule is C=C/C1=C2/OC(CC/C2=C/C)CNC(C)C(=O)N(C)C(C)C(=O)NCC(=O)NCCC1.CCC.CCO.Cc1ccccc1. The second-order valence-electron chi connectivity index (χ2n) is 10.8. The zero-order valence-corrected chi connectivity index (χ0v) is 28.4. The number of allylic oxidation sites excluding steroid dienone is 4. The quantitative estimate of drug-likeness (QED) is 0.360. The summed E-state index contributed by atoms with van der Waals surface area (Å²) in [5.41, 5.74) is 3.49. The Morgan fingerprint density at radius 2 is 1.68 bits per heavy atom. The summed E-state index contributed by atoms with van der Waals surface area (Å²) in [6, 6.07) is 9.11. The van der Waals surface area contributed by atoms with Crippen molar-refractivity contribution in [3.63, 3.8) is 0 Å². The van der Waals surface area contributed by atoms with Crippen LogP contribution in [0.5, 0.6) is 0 Å². The smallest absolute Gasteiger partial charge is 0.242 e. The highest BCUT2D eigenvalue weighted by Crippen LogP contribution is 2.31. The highest BCUT2D eigenvalue weighted by molar-refractivity contribution is 5.91. The lowest BCUT2D eigenvalue weighted by Gasteiger charge is -2.32. The normalized spacial score (nSPS) is 24.2. The van der Waals surface area contributed by atoms with Crippen LogP contribution in [0.1, 0.15) is 79.2 Å². The summed E-state index contributed by atoms with van der Waals surface area (Å²) >= 11 is 0. The molecule has 0 saturated carbocycles. The number of aryl methyl sites for hydroxylation is 1. The fraction of sp³-hybridized carbons (Fsp3) is 0.571. The molecule has 3 rings (SSSR count). The molecule has 9 heteroatoms. The number of ether oxygens (including phenoxy) is 1. The van der Waals surface area contributed by atoms with E-state index in [9.17, 15) is 14.4 Å². The third-order valence-corrected chi connectivity index (χ3v) is 6.84. The summed E-state index contributed by atoms with van der Waals surface area (Å²) in [6.07, 6.45) is 8.28. The van der Waals surface area contributed by atoms with Gasteiger partial charge in [0.25, 0.3) is 0 Å². The van der Waals surface area contributed by atoms with Crippen molar-refractivity contribution >= 4 is 17.7 Å². The third-order valence-electron chi connectivity index (χ3n) is 6.84. The minimum atomic E-state index is -0.684. The topological polar surface area (TPSA) is 120 Å². The first-order valence-electron chi connectivity index (χ1n) is 15.9. The molecular weight excluding hydrogens is 556 g/mol. The molecule has 1 saturated heterocycles. The Morgan fingerprint density at radius 3 is 2.20 bits per heavy atom. The Hall–Kier alpha value is -3.43. The van der Waals surface area contributed by atoms with E-state index < -0.39 is 12.1 Å². The predicted octanol–water partition coefficient (Wildman–Crippen LogP) is 4.81. The van der Waals surface area contributed by atoms with E-state index in [1.807, 2.05) is 31.2 Å². The summed E-state index contributed by atoms with van der Waals surface area (Å²) in [7, 11) is 1.59. The number of hydrogen-bond acceptors (Lipinski definition) is 6. The Morgan fingerprint density at radius 1 is 1.07 bits per heavy atom. The monoisotopic (exact) mass is 614 g/mol. The maximum Gasteiger partial charge on any atom is 0.242 e. The zero-order valence-electron chi connectivity index (χ0n) is 28.4. The fourth-order valence-corrected chi connectivity index (χ4v) is 4.23. The van der Waals surface area contributed by atoms with Crippen LogP contribution in [0.4, 0.5) is 0 Å². The van der Waals surface area contributed by atoms with Crippen molar-refractivity contribution in [1.29, 1.82) is 0 Å². The Labute approximate surface area is 266 Å². The second kappa shape index (κ2) is 24.0. The lowest BCUT2D eigenvalue weighted by atomic mass is 9.96. The van der Waals surface area contributed by atoms with Gasteiger partial charge in [0.05, 0.1) is 12.6 Å². The summed E-state index contributed by atoms with van der Waals surface area (Å²) in [5, 5.41) is 16.2. The molecule has 44 heavy (non-hydrogen) atoms. The zero-order chi connectivity index (χ0) is 33.5. The molecule has 0 aromatic heterocycles. The average molecular weight is 615 g/mol.